The fourth-order valence-electron chi connectivity index (χ4n) is 1.85. The van der Waals surface area contributed by atoms with Crippen LogP contribution in [0.4, 0.5) is 8.78 Å². The molecule has 0 saturated carbocycles. The molecular formula is C14H11BrClF2N. The van der Waals surface area contributed by atoms with Crippen molar-refractivity contribution in [3.05, 3.63) is 68.2 Å². The van der Waals surface area contributed by atoms with E-state index in [0.717, 1.165) is 17.7 Å². The maximum atomic E-state index is 13.9. The predicted molar refractivity (Wildman–Crippen MR) is 76.3 cm³/mol. The summed E-state index contributed by atoms with van der Waals surface area (Å²) in [6.45, 7) is 1.83. The van der Waals surface area contributed by atoms with Gasteiger partial charge in [0.05, 0.1) is 10.5 Å². The monoisotopic (exact) mass is 345 g/mol. The summed E-state index contributed by atoms with van der Waals surface area (Å²) in [6, 6.07) is 6.66. The largest absolute Gasteiger partial charge is 0.320 e. The second-order valence-electron chi connectivity index (χ2n) is 4.24. The number of hydrogen-bond donors (Lipinski definition) is 1. The fourth-order valence-corrected chi connectivity index (χ4v) is 2.41. The highest BCUT2D eigenvalue weighted by atomic mass is 79.9. The minimum absolute atomic E-state index is 0.0660. The molecule has 0 amide bonds. The van der Waals surface area contributed by atoms with Crippen LogP contribution in [0, 0.1) is 18.6 Å². The molecule has 1 atom stereocenters. The third-order valence-corrected chi connectivity index (χ3v) is 4.06. The molecule has 1 nitrogen and oxygen atoms in total. The summed E-state index contributed by atoms with van der Waals surface area (Å²) in [5, 5.41) is 0.470. The number of benzene rings is 2. The molecule has 0 spiro atoms. The Morgan fingerprint density at radius 3 is 2.53 bits per heavy atom. The third kappa shape index (κ3) is 2.81. The quantitative estimate of drug-likeness (QED) is 0.781. The molecule has 19 heavy (non-hydrogen) atoms. The Morgan fingerprint density at radius 2 is 1.84 bits per heavy atom. The molecule has 0 aliphatic carbocycles. The maximum Gasteiger partial charge on any atom is 0.137 e. The zero-order valence-corrected chi connectivity index (χ0v) is 12.4. The van der Waals surface area contributed by atoms with E-state index in [1.54, 1.807) is 12.1 Å². The topological polar surface area (TPSA) is 26.0 Å². The zero-order valence-electron chi connectivity index (χ0n) is 10.1. The van der Waals surface area contributed by atoms with Crippen LogP contribution in [0.2, 0.25) is 5.02 Å². The molecule has 1 unspecified atom stereocenters. The SMILES string of the molecule is Cc1cccc(C(N)c2cc(F)c(Br)cc2F)c1Cl. The molecule has 0 saturated heterocycles. The first-order valence-electron chi connectivity index (χ1n) is 5.57. The highest BCUT2D eigenvalue weighted by Crippen LogP contribution is 2.31. The van der Waals surface area contributed by atoms with Crippen LogP contribution < -0.4 is 5.73 Å². The van der Waals surface area contributed by atoms with Gasteiger partial charge in [-0.1, -0.05) is 29.8 Å². The number of hydrogen-bond acceptors (Lipinski definition) is 1. The van der Waals surface area contributed by atoms with E-state index < -0.39 is 17.7 Å². The van der Waals surface area contributed by atoms with Crippen LogP contribution >= 0.6 is 27.5 Å². The molecule has 0 bridgehead atoms. The van der Waals surface area contributed by atoms with Gasteiger partial charge in [0.15, 0.2) is 0 Å². The van der Waals surface area contributed by atoms with Crippen molar-refractivity contribution in [1.82, 2.24) is 0 Å². The fraction of sp³-hybridized carbons (Fsp3) is 0.143. The second-order valence-corrected chi connectivity index (χ2v) is 5.48. The van der Waals surface area contributed by atoms with Crippen molar-refractivity contribution in [2.75, 3.05) is 0 Å². The van der Waals surface area contributed by atoms with Crippen LogP contribution in [0.5, 0.6) is 0 Å². The number of rotatable bonds is 2. The summed E-state index contributed by atoms with van der Waals surface area (Å²) in [5.74, 6) is -1.13. The van der Waals surface area contributed by atoms with Crippen molar-refractivity contribution in [3.63, 3.8) is 0 Å². The smallest absolute Gasteiger partial charge is 0.137 e. The van der Waals surface area contributed by atoms with Gasteiger partial charge in [0.2, 0.25) is 0 Å². The van der Waals surface area contributed by atoms with Gasteiger partial charge in [-0.2, -0.15) is 0 Å². The summed E-state index contributed by atoms with van der Waals surface area (Å²) >= 11 is 9.09. The lowest BCUT2D eigenvalue weighted by Gasteiger charge is -2.16. The first-order chi connectivity index (χ1) is 8.91. The van der Waals surface area contributed by atoms with Gasteiger partial charge in [-0.05, 0) is 46.1 Å². The van der Waals surface area contributed by atoms with E-state index >= 15 is 0 Å². The first kappa shape index (κ1) is 14.4. The van der Waals surface area contributed by atoms with E-state index in [2.05, 4.69) is 15.9 Å². The van der Waals surface area contributed by atoms with E-state index in [-0.39, 0.29) is 10.0 Å². The molecule has 0 fully saturated rings. The average molecular weight is 347 g/mol. The Hall–Kier alpha value is -0.970. The maximum absolute atomic E-state index is 13.9. The average Bonchev–Trinajstić information content (AvgIpc) is 2.36. The Kier molecular flexibility index (Phi) is 4.23. The Bertz CT molecular complexity index is 631. The number of halogens is 4. The highest BCUT2D eigenvalue weighted by Gasteiger charge is 2.19. The van der Waals surface area contributed by atoms with E-state index in [1.165, 1.54) is 0 Å². The molecule has 0 aliphatic rings. The normalized spacial score (nSPS) is 12.5. The standard InChI is InChI=1S/C14H11BrClF2N/c1-7-3-2-4-8(13(7)16)14(19)9-5-12(18)10(15)6-11(9)17/h2-6,14H,19H2,1H3. The molecule has 0 radical (unpaired) electrons. The Labute approximate surface area is 123 Å². The minimum Gasteiger partial charge on any atom is -0.320 e. The molecular weight excluding hydrogens is 336 g/mol. The van der Waals surface area contributed by atoms with Gasteiger partial charge in [-0.3, -0.25) is 0 Å². The van der Waals surface area contributed by atoms with Crippen molar-refractivity contribution in [1.29, 1.82) is 0 Å². The molecule has 0 heterocycles. The lowest BCUT2D eigenvalue weighted by molar-refractivity contribution is 0.572. The van der Waals surface area contributed by atoms with E-state index in [9.17, 15) is 8.78 Å². The molecule has 100 valence electrons. The van der Waals surface area contributed by atoms with Gasteiger partial charge >= 0.3 is 0 Å². The second kappa shape index (κ2) is 5.57. The van der Waals surface area contributed by atoms with Crippen LogP contribution in [0.3, 0.4) is 0 Å². The summed E-state index contributed by atoms with van der Waals surface area (Å²) in [4.78, 5) is 0. The molecule has 0 aliphatic heterocycles. The molecule has 5 heteroatoms. The highest BCUT2D eigenvalue weighted by molar-refractivity contribution is 9.10. The number of nitrogens with two attached hydrogens (primary N) is 1. The minimum atomic E-state index is -0.810. The molecule has 2 aromatic rings. The van der Waals surface area contributed by atoms with E-state index in [4.69, 9.17) is 17.3 Å². The summed E-state index contributed by atoms with van der Waals surface area (Å²) in [5.41, 5.74) is 7.49. The van der Waals surface area contributed by atoms with Crippen molar-refractivity contribution in [3.8, 4) is 0 Å². The van der Waals surface area contributed by atoms with Gasteiger partial charge in [-0.25, -0.2) is 8.78 Å². The zero-order chi connectivity index (χ0) is 14.2. The Morgan fingerprint density at radius 1 is 1.16 bits per heavy atom. The van der Waals surface area contributed by atoms with Crippen molar-refractivity contribution >= 4 is 27.5 Å². The van der Waals surface area contributed by atoms with E-state index in [1.807, 2.05) is 13.0 Å². The van der Waals surface area contributed by atoms with Crippen LogP contribution in [0.15, 0.2) is 34.8 Å². The number of aryl methyl sites for hydroxylation is 1. The van der Waals surface area contributed by atoms with Crippen molar-refractivity contribution in [2.45, 2.75) is 13.0 Å². The van der Waals surface area contributed by atoms with Crippen molar-refractivity contribution < 1.29 is 8.78 Å². The first-order valence-corrected chi connectivity index (χ1v) is 6.74. The van der Waals surface area contributed by atoms with Crippen LogP contribution in [-0.2, 0) is 0 Å². The van der Waals surface area contributed by atoms with Gasteiger partial charge in [0.25, 0.3) is 0 Å². The van der Waals surface area contributed by atoms with E-state index in [0.29, 0.717) is 10.6 Å². The molecule has 0 aromatic heterocycles. The summed E-state index contributed by atoms with van der Waals surface area (Å²) in [7, 11) is 0. The van der Waals surface area contributed by atoms with Crippen LogP contribution in [0.25, 0.3) is 0 Å². The molecule has 2 aromatic carbocycles. The van der Waals surface area contributed by atoms with Gasteiger partial charge in [0.1, 0.15) is 11.6 Å². The summed E-state index contributed by atoms with van der Waals surface area (Å²) in [6.07, 6.45) is 0. The summed E-state index contributed by atoms with van der Waals surface area (Å²) < 4.78 is 27.5. The van der Waals surface area contributed by atoms with Gasteiger partial charge in [0, 0.05) is 10.6 Å². The molecule has 2 rings (SSSR count). The lowest BCUT2D eigenvalue weighted by atomic mass is 9.97. The van der Waals surface area contributed by atoms with Gasteiger partial charge in [-0.15, -0.1) is 0 Å². The van der Waals surface area contributed by atoms with Gasteiger partial charge < -0.3 is 5.73 Å². The Balaban J connectivity index is 2.53. The van der Waals surface area contributed by atoms with Crippen LogP contribution in [0.1, 0.15) is 22.7 Å². The lowest BCUT2D eigenvalue weighted by Crippen LogP contribution is -2.15. The third-order valence-electron chi connectivity index (χ3n) is 2.93. The van der Waals surface area contributed by atoms with Crippen LogP contribution in [-0.4, -0.2) is 0 Å². The predicted octanol–water partition coefficient (Wildman–Crippen LogP) is 4.74. The molecule has 2 N–H and O–H groups in total. The van der Waals surface area contributed by atoms with Crippen molar-refractivity contribution in [2.24, 2.45) is 5.73 Å².